The van der Waals surface area contributed by atoms with Gasteiger partial charge in [0.2, 0.25) is 0 Å². The van der Waals surface area contributed by atoms with Crippen LogP contribution in [0.25, 0.3) is 5.82 Å². The molecule has 1 unspecified atom stereocenters. The summed E-state index contributed by atoms with van der Waals surface area (Å²) in [5, 5.41) is 29.1. The van der Waals surface area contributed by atoms with E-state index in [0.29, 0.717) is 6.07 Å². The van der Waals surface area contributed by atoms with Gasteiger partial charge >= 0.3 is 6.18 Å². The van der Waals surface area contributed by atoms with Crippen LogP contribution in [0.15, 0.2) is 42.9 Å². The lowest BCUT2D eigenvalue weighted by Gasteiger charge is -2.17. The van der Waals surface area contributed by atoms with Crippen LogP contribution in [0.2, 0.25) is 0 Å². The third-order valence-electron chi connectivity index (χ3n) is 4.92. The van der Waals surface area contributed by atoms with Gasteiger partial charge in [0.25, 0.3) is 11.6 Å². The predicted octanol–water partition coefficient (Wildman–Crippen LogP) is 3.24. The van der Waals surface area contributed by atoms with E-state index in [1.165, 1.54) is 23.9 Å². The zero-order valence-corrected chi connectivity index (χ0v) is 17.8. The van der Waals surface area contributed by atoms with Gasteiger partial charge < -0.3 is 15.6 Å². The highest BCUT2D eigenvalue weighted by Gasteiger charge is 2.39. The van der Waals surface area contributed by atoms with Crippen molar-refractivity contribution in [1.82, 2.24) is 20.1 Å². The van der Waals surface area contributed by atoms with E-state index in [2.05, 4.69) is 15.4 Å². The molecule has 0 aromatic carbocycles. The Morgan fingerprint density at radius 1 is 1.21 bits per heavy atom. The number of aromatic nitrogens is 4. The lowest BCUT2D eigenvalue weighted by Crippen LogP contribution is -2.38. The summed E-state index contributed by atoms with van der Waals surface area (Å²) < 4.78 is 52.5. The minimum absolute atomic E-state index is 0.00362. The van der Waals surface area contributed by atoms with Crippen LogP contribution in [0.5, 0.6) is 0 Å². The molecule has 0 fully saturated rings. The summed E-state index contributed by atoms with van der Waals surface area (Å²) in [5.41, 5.74) is -1.19. The number of nitrogens with zero attached hydrogens (tertiary/aromatic N) is 4. The Labute approximate surface area is 186 Å². The average molecular weight is 467 g/mol. The van der Waals surface area contributed by atoms with E-state index < -0.39 is 35.7 Å². The molecule has 2 atom stereocenters. The molecule has 176 valence electrons. The Kier molecular flexibility index (Phi) is 6.68. The van der Waals surface area contributed by atoms with Gasteiger partial charge in [-0.3, -0.25) is 4.79 Å². The van der Waals surface area contributed by atoms with Crippen molar-refractivity contribution in [3.8, 4) is 5.82 Å². The SMILES string of the molecule is CC(C)C(O)c1nn(-c2ccc(F)cn2)cc1C(=O)N[C@H](C)c1ccc(C(F)(F)F)[n+]([O-])c1. The van der Waals surface area contributed by atoms with Gasteiger partial charge in [-0.05, 0) is 31.0 Å². The number of alkyl halides is 3. The molecule has 3 rings (SSSR count). The molecule has 0 spiro atoms. The molecule has 3 aromatic rings. The molecule has 0 aliphatic carbocycles. The fraction of sp³-hybridized carbons (Fsp3) is 0.333. The van der Waals surface area contributed by atoms with Crippen molar-refractivity contribution in [2.75, 3.05) is 0 Å². The van der Waals surface area contributed by atoms with Crippen molar-refractivity contribution < 1.29 is 32.2 Å². The van der Waals surface area contributed by atoms with Crippen LogP contribution in [0, 0.1) is 16.9 Å². The van der Waals surface area contributed by atoms with Crippen LogP contribution in [-0.4, -0.2) is 25.8 Å². The van der Waals surface area contributed by atoms with Crippen molar-refractivity contribution in [2.45, 2.75) is 39.1 Å². The van der Waals surface area contributed by atoms with Crippen molar-refractivity contribution in [1.29, 1.82) is 0 Å². The lowest BCUT2D eigenvalue weighted by atomic mass is 10.0. The summed E-state index contributed by atoms with van der Waals surface area (Å²) in [5.74, 6) is -1.33. The first kappa shape index (κ1) is 24.1. The highest BCUT2D eigenvalue weighted by atomic mass is 19.4. The van der Waals surface area contributed by atoms with Crippen LogP contribution in [-0.2, 0) is 6.18 Å². The van der Waals surface area contributed by atoms with Crippen molar-refractivity contribution >= 4 is 5.91 Å². The quantitative estimate of drug-likeness (QED) is 0.329. The summed E-state index contributed by atoms with van der Waals surface area (Å²) in [6, 6.07) is 3.40. The lowest BCUT2D eigenvalue weighted by molar-refractivity contribution is -0.629. The van der Waals surface area contributed by atoms with Gasteiger partial charge in [0.1, 0.15) is 17.6 Å². The second-order valence-corrected chi connectivity index (χ2v) is 7.76. The van der Waals surface area contributed by atoms with E-state index in [1.807, 2.05) is 0 Å². The van der Waals surface area contributed by atoms with E-state index in [-0.39, 0.29) is 33.3 Å². The highest BCUT2D eigenvalue weighted by molar-refractivity contribution is 5.95. The van der Waals surface area contributed by atoms with Gasteiger partial charge in [-0.25, -0.2) is 14.1 Å². The number of pyridine rings is 2. The molecule has 0 bridgehead atoms. The monoisotopic (exact) mass is 467 g/mol. The second-order valence-electron chi connectivity index (χ2n) is 7.76. The molecule has 0 radical (unpaired) electrons. The molecule has 0 saturated carbocycles. The second kappa shape index (κ2) is 9.14. The van der Waals surface area contributed by atoms with E-state index in [4.69, 9.17) is 0 Å². The summed E-state index contributed by atoms with van der Waals surface area (Å²) in [6.07, 6.45) is -2.90. The number of amides is 1. The maximum atomic E-state index is 13.2. The maximum absolute atomic E-state index is 13.2. The minimum atomic E-state index is -4.81. The summed E-state index contributed by atoms with van der Waals surface area (Å²) >= 11 is 0. The maximum Gasteiger partial charge on any atom is 0.478 e. The molecule has 1 amide bonds. The van der Waals surface area contributed by atoms with Crippen molar-refractivity contribution in [3.05, 3.63) is 76.4 Å². The number of aliphatic hydroxyl groups is 1. The van der Waals surface area contributed by atoms with Gasteiger partial charge in [0.15, 0.2) is 12.0 Å². The van der Waals surface area contributed by atoms with E-state index >= 15 is 0 Å². The third-order valence-corrected chi connectivity index (χ3v) is 4.92. The number of carbonyl (C=O) groups is 1. The van der Waals surface area contributed by atoms with Crippen LogP contribution in [0.3, 0.4) is 0 Å². The molecular formula is C21H21F4N5O3. The summed E-state index contributed by atoms with van der Waals surface area (Å²) in [4.78, 5) is 16.9. The Balaban J connectivity index is 1.90. The largest absolute Gasteiger partial charge is 0.618 e. The number of halogens is 4. The number of rotatable bonds is 6. The van der Waals surface area contributed by atoms with Gasteiger partial charge in [-0.1, -0.05) is 13.8 Å². The zero-order valence-electron chi connectivity index (χ0n) is 17.8. The topological polar surface area (TPSA) is 107 Å². The summed E-state index contributed by atoms with van der Waals surface area (Å²) in [7, 11) is 0. The molecular weight excluding hydrogens is 446 g/mol. The van der Waals surface area contributed by atoms with E-state index in [9.17, 15) is 32.7 Å². The zero-order chi connectivity index (χ0) is 24.5. The van der Waals surface area contributed by atoms with Gasteiger partial charge in [-0.15, -0.1) is 0 Å². The predicted molar refractivity (Wildman–Crippen MR) is 107 cm³/mol. The highest BCUT2D eigenvalue weighted by Crippen LogP contribution is 2.28. The third kappa shape index (κ3) is 5.28. The van der Waals surface area contributed by atoms with Gasteiger partial charge in [0.05, 0.1) is 17.8 Å². The van der Waals surface area contributed by atoms with Crippen LogP contribution in [0.1, 0.15) is 60.2 Å². The standard InChI is InChI=1S/C21H21F4N5O3/c1-11(2)19(31)18-15(10-29(28-18)17-7-5-14(22)8-26-17)20(32)27-12(3)13-4-6-16(21(23,24)25)30(33)9-13/h4-12,19,31H,1-3H3,(H,27,32)/t12-,19?/m1/s1. The molecule has 8 nitrogen and oxygen atoms in total. The Hall–Kier alpha value is -3.54. The number of hydrogen-bond acceptors (Lipinski definition) is 5. The molecule has 0 aliphatic rings. The van der Waals surface area contributed by atoms with Crippen LogP contribution in [0.4, 0.5) is 17.6 Å². The Morgan fingerprint density at radius 2 is 1.91 bits per heavy atom. The summed E-state index contributed by atoms with van der Waals surface area (Å²) in [6.45, 7) is 4.93. The van der Waals surface area contributed by atoms with E-state index in [1.54, 1.807) is 13.8 Å². The Morgan fingerprint density at radius 3 is 2.45 bits per heavy atom. The fourth-order valence-corrected chi connectivity index (χ4v) is 3.05. The molecule has 0 aliphatic heterocycles. The molecule has 33 heavy (non-hydrogen) atoms. The van der Waals surface area contributed by atoms with Crippen molar-refractivity contribution in [3.63, 3.8) is 0 Å². The van der Waals surface area contributed by atoms with Gasteiger partial charge in [0, 0.05) is 17.8 Å². The fourth-order valence-electron chi connectivity index (χ4n) is 3.05. The number of aliphatic hydroxyl groups excluding tert-OH is 1. The molecule has 3 heterocycles. The normalized spacial score (nSPS) is 13.7. The first-order valence-electron chi connectivity index (χ1n) is 9.89. The minimum Gasteiger partial charge on any atom is -0.618 e. The smallest absolute Gasteiger partial charge is 0.478 e. The molecule has 12 heteroatoms. The first-order chi connectivity index (χ1) is 15.4. The molecule has 0 saturated heterocycles. The molecule has 2 N–H and O–H groups in total. The molecule has 3 aromatic heterocycles. The van der Waals surface area contributed by atoms with Gasteiger partial charge in [-0.2, -0.15) is 23.0 Å². The van der Waals surface area contributed by atoms with Crippen LogP contribution >= 0.6 is 0 Å². The number of nitrogens with one attached hydrogen (secondary N) is 1. The number of carbonyl (C=O) groups excluding carboxylic acids is 1. The van der Waals surface area contributed by atoms with E-state index in [0.717, 1.165) is 24.5 Å². The van der Waals surface area contributed by atoms with Crippen LogP contribution < -0.4 is 10.0 Å². The van der Waals surface area contributed by atoms with Crippen molar-refractivity contribution in [2.24, 2.45) is 5.92 Å². The average Bonchev–Trinajstić information content (AvgIpc) is 3.18. The first-order valence-corrected chi connectivity index (χ1v) is 9.89. The number of hydrogen-bond donors (Lipinski definition) is 2. The Bertz CT molecular complexity index is 1150.